The van der Waals surface area contributed by atoms with E-state index in [1.807, 2.05) is 30.3 Å². The Hall–Kier alpha value is -1.63. The minimum Gasteiger partial charge on any atom is -0.445 e. The fraction of sp³-hybridized carbons (Fsp3) is 0.562. The first-order chi connectivity index (χ1) is 10.4. The van der Waals surface area contributed by atoms with Crippen LogP contribution in [0.5, 0.6) is 0 Å². The van der Waals surface area contributed by atoms with Crippen LogP contribution in [0.2, 0.25) is 0 Å². The third-order valence-corrected chi connectivity index (χ3v) is 3.95. The van der Waals surface area contributed by atoms with Crippen molar-refractivity contribution in [1.29, 1.82) is 0 Å². The molecule has 1 saturated carbocycles. The lowest BCUT2D eigenvalue weighted by Gasteiger charge is -2.22. The lowest BCUT2D eigenvalue weighted by molar-refractivity contribution is -0.163. The van der Waals surface area contributed by atoms with E-state index in [1.54, 1.807) is 13.8 Å². The number of rotatable bonds is 3. The summed E-state index contributed by atoms with van der Waals surface area (Å²) in [6.07, 6.45) is -1.53. The van der Waals surface area contributed by atoms with Crippen molar-refractivity contribution in [2.75, 3.05) is 0 Å². The Labute approximate surface area is 129 Å². The van der Waals surface area contributed by atoms with Gasteiger partial charge in [-0.15, -0.1) is 0 Å². The van der Waals surface area contributed by atoms with Gasteiger partial charge < -0.3 is 24.6 Å². The second-order valence-electron chi connectivity index (χ2n) is 6.18. The molecule has 1 aliphatic heterocycles. The largest absolute Gasteiger partial charge is 0.445 e. The average molecular weight is 307 g/mol. The molecule has 0 bridgehead atoms. The van der Waals surface area contributed by atoms with Gasteiger partial charge in [0.05, 0.1) is 12.1 Å². The first-order valence-electron chi connectivity index (χ1n) is 7.45. The summed E-state index contributed by atoms with van der Waals surface area (Å²) in [7, 11) is 0. The Morgan fingerprint density at radius 1 is 1.32 bits per heavy atom. The molecule has 3 rings (SSSR count). The number of ether oxygens (including phenoxy) is 3. The van der Waals surface area contributed by atoms with Crippen LogP contribution in [0.4, 0.5) is 4.79 Å². The standard InChI is InChI=1S/C16H21NO5/c1-16(2)21-13-11(8-12(18)14(13)22-16)17-15(19)20-9-10-6-4-3-5-7-10/h3-7,11-14,18H,8-9H2,1-2H3,(H,17,19). The predicted octanol–water partition coefficient (Wildman–Crippen LogP) is 1.57. The molecule has 4 unspecified atom stereocenters. The SMILES string of the molecule is CC1(C)OC2C(O)CC(NC(=O)OCc3ccccc3)C2O1. The molecule has 1 saturated heterocycles. The van der Waals surface area contributed by atoms with Crippen LogP contribution in [-0.2, 0) is 20.8 Å². The molecule has 2 aliphatic rings. The van der Waals surface area contributed by atoms with Crippen molar-refractivity contribution in [1.82, 2.24) is 5.32 Å². The molecule has 6 heteroatoms. The Balaban J connectivity index is 1.53. The normalized spacial score (nSPS) is 32.5. The van der Waals surface area contributed by atoms with Crippen molar-refractivity contribution in [3.8, 4) is 0 Å². The third kappa shape index (κ3) is 3.24. The number of amides is 1. The second kappa shape index (κ2) is 5.87. The van der Waals surface area contributed by atoms with Crippen LogP contribution in [0.25, 0.3) is 0 Å². The lowest BCUT2D eigenvalue weighted by Crippen LogP contribution is -2.43. The molecule has 0 aromatic heterocycles. The van der Waals surface area contributed by atoms with Gasteiger partial charge in [-0.25, -0.2) is 4.79 Å². The van der Waals surface area contributed by atoms with E-state index in [9.17, 15) is 9.90 Å². The Kier molecular flexibility index (Phi) is 4.08. The molecule has 0 radical (unpaired) electrons. The molecule has 1 aliphatic carbocycles. The number of carbonyl (C=O) groups is 1. The van der Waals surface area contributed by atoms with Crippen LogP contribution < -0.4 is 5.32 Å². The van der Waals surface area contributed by atoms with Crippen LogP contribution in [0, 0.1) is 0 Å². The van der Waals surface area contributed by atoms with Gasteiger partial charge in [0, 0.05) is 0 Å². The summed E-state index contributed by atoms with van der Waals surface area (Å²) >= 11 is 0. The van der Waals surface area contributed by atoms with E-state index in [0.29, 0.717) is 6.42 Å². The van der Waals surface area contributed by atoms with Crippen LogP contribution in [0.3, 0.4) is 0 Å². The van der Waals surface area contributed by atoms with Gasteiger partial charge >= 0.3 is 6.09 Å². The molecule has 22 heavy (non-hydrogen) atoms. The summed E-state index contributed by atoms with van der Waals surface area (Å²) in [5.41, 5.74) is 0.920. The highest BCUT2D eigenvalue weighted by Gasteiger charge is 2.54. The summed E-state index contributed by atoms with van der Waals surface area (Å²) in [5.74, 6) is -0.745. The number of alkyl carbamates (subject to hydrolysis) is 1. The van der Waals surface area contributed by atoms with Crippen LogP contribution in [-0.4, -0.2) is 41.3 Å². The van der Waals surface area contributed by atoms with E-state index in [1.165, 1.54) is 0 Å². The zero-order valence-electron chi connectivity index (χ0n) is 12.7. The lowest BCUT2D eigenvalue weighted by atomic mass is 10.2. The number of fused-ring (bicyclic) bond motifs is 1. The number of hydrogen-bond acceptors (Lipinski definition) is 5. The van der Waals surface area contributed by atoms with Crippen LogP contribution in [0.1, 0.15) is 25.8 Å². The maximum atomic E-state index is 11.9. The minimum absolute atomic E-state index is 0.207. The highest BCUT2D eigenvalue weighted by molar-refractivity contribution is 5.67. The topological polar surface area (TPSA) is 77.0 Å². The van der Waals surface area contributed by atoms with Crippen LogP contribution >= 0.6 is 0 Å². The number of benzene rings is 1. The summed E-state index contributed by atoms with van der Waals surface area (Å²) in [6.45, 7) is 3.80. The van der Waals surface area contributed by atoms with E-state index in [2.05, 4.69) is 5.32 Å². The van der Waals surface area contributed by atoms with Gasteiger partial charge in [-0.05, 0) is 25.8 Å². The monoisotopic (exact) mass is 307 g/mol. The molecule has 1 heterocycles. The summed E-state index contributed by atoms with van der Waals surface area (Å²) < 4.78 is 16.6. The molecule has 2 N–H and O–H groups in total. The Morgan fingerprint density at radius 3 is 2.73 bits per heavy atom. The van der Waals surface area contributed by atoms with Crippen molar-refractivity contribution >= 4 is 6.09 Å². The van der Waals surface area contributed by atoms with E-state index >= 15 is 0 Å². The van der Waals surface area contributed by atoms with E-state index in [-0.39, 0.29) is 18.8 Å². The van der Waals surface area contributed by atoms with E-state index < -0.39 is 24.1 Å². The first kappa shape index (κ1) is 15.3. The van der Waals surface area contributed by atoms with Crippen LogP contribution in [0.15, 0.2) is 30.3 Å². The minimum atomic E-state index is -0.745. The zero-order chi connectivity index (χ0) is 15.7. The molecule has 6 nitrogen and oxygen atoms in total. The molecule has 4 atom stereocenters. The van der Waals surface area contributed by atoms with Crippen molar-refractivity contribution in [2.45, 2.75) is 57.0 Å². The summed E-state index contributed by atoms with van der Waals surface area (Å²) in [4.78, 5) is 11.9. The van der Waals surface area contributed by atoms with Crippen molar-refractivity contribution in [3.63, 3.8) is 0 Å². The summed E-state index contributed by atoms with van der Waals surface area (Å²) in [6, 6.07) is 9.15. The Bertz CT molecular complexity index is 533. The maximum absolute atomic E-state index is 11.9. The molecule has 1 amide bonds. The number of aliphatic hydroxyl groups excluding tert-OH is 1. The Morgan fingerprint density at radius 2 is 2.00 bits per heavy atom. The molecule has 1 aromatic carbocycles. The predicted molar refractivity (Wildman–Crippen MR) is 78.0 cm³/mol. The summed E-state index contributed by atoms with van der Waals surface area (Å²) in [5, 5.41) is 12.8. The molecular formula is C16H21NO5. The van der Waals surface area contributed by atoms with E-state index in [4.69, 9.17) is 14.2 Å². The van der Waals surface area contributed by atoms with Gasteiger partial charge in [0.2, 0.25) is 0 Å². The molecule has 120 valence electrons. The highest BCUT2D eigenvalue weighted by atomic mass is 16.8. The highest BCUT2D eigenvalue weighted by Crippen LogP contribution is 2.38. The van der Waals surface area contributed by atoms with Gasteiger partial charge in [0.25, 0.3) is 0 Å². The van der Waals surface area contributed by atoms with Gasteiger partial charge in [-0.2, -0.15) is 0 Å². The number of aliphatic hydroxyl groups is 1. The molecule has 2 fully saturated rings. The second-order valence-corrected chi connectivity index (χ2v) is 6.18. The third-order valence-electron chi connectivity index (χ3n) is 3.95. The van der Waals surface area contributed by atoms with Gasteiger partial charge in [-0.3, -0.25) is 0 Å². The maximum Gasteiger partial charge on any atom is 0.407 e. The van der Waals surface area contributed by atoms with Gasteiger partial charge in [0.1, 0.15) is 18.8 Å². The van der Waals surface area contributed by atoms with Gasteiger partial charge in [0.15, 0.2) is 5.79 Å². The van der Waals surface area contributed by atoms with Gasteiger partial charge in [-0.1, -0.05) is 30.3 Å². The molecule has 1 aromatic rings. The fourth-order valence-corrected chi connectivity index (χ4v) is 3.01. The smallest absolute Gasteiger partial charge is 0.407 e. The number of nitrogens with one attached hydrogen (secondary N) is 1. The molecule has 0 spiro atoms. The first-order valence-corrected chi connectivity index (χ1v) is 7.45. The number of hydrogen-bond donors (Lipinski definition) is 2. The van der Waals surface area contributed by atoms with E-state index in [0.717, 1.165) is 5.56 Å². The number of carbonyl (C=O) groups excluding carboxylic acids is 1. The quantitative estimate of drug-likeness (QED) is 0.886. The fourth-order valence-electron chi connectivity index (χ4n) is 3.01. The van der Waals surface area contributed by atoms with Crippen molar-refractivity contribution in [2.24, 2.45) is 0 Å². The molecular weight excluding hydrogens is 286 g/mol. The zero-order valence-corrected chi connectivity index (χ0v) is 12.7. The average Bonchev–Trinajstić information content (AvgIpc) is 2.93. The van der Waals surface area contributed by atoms with Crippen molar-refractivity contribution in [3.05, 3.63) is 35.9 Å². The van der Waals surface area contributed by atoms with Crippen molar-refractivity contribution < 1.29 is 24.1 Å².